The minimum Gasteiger partial charge on any atom is -0.441 e. The van der Waals surface area contributed by atoms with Crippen molar-refractivity contribution in [2.24, 2.45) is 5.92 Å². The zero-order chi connectivity index (χ0) is 16.2. The van der Waals surface area contributed by atoms with E-state index < -0.39 is 0 Å². The molecule has 1 aliphatic rings. The summed E-state index contributed by atoms with van der Waals surface area (Å²) in [4.78, 5) is 19.2. The molecule has 0 saturated carbocycles. The van der Waals surface area contributed by atoms with Gasteiger partial charge in [0.05, 0.1) is 5.92 Å². The second-order valence-corrected chi connectivity index (χ2v) is 6.54. The number of amides is 1. The van der Waals surface area contributed by atoms with E-state index in [1.165, 1.54) is 0 Å². The molecule has 0 bridgehead atoms. The standard InChI is InChI=1S/C18H25N3O2/c1-13(2)21-11-5-6-14(12-21)18(22)19-10-9-17-20-15-7-3-4-8-16(15)23-17/h3-4,7-8,13-14H,5-6,9-12H2,1-2H3,(H,19,22). The monoisotopic (exact) mass is 315 g/mol. The largest absolute Gasteiger partial charge is 0.441 e. The van der Waals surface area contributed by atoms with Crippen molar-refractivity contribution in [3.05, 3.63) is 30.2 Å². The highest BCUT2D eigenvalue weighted by Gasteiger charge is 2.26. The summed E-state index contributed by atoms with van der Waals surface area (Å²) >= 11 is 0. The first-order valence-corrected chi connectivity index (χ1v) is 8.49. The number of para-hydroxylation sites is 2. The minimum absolute atomic E-state index is 0.106. The quantitative estimate of drug-likeness (QED) is 0.921. The Morgan fingerprint density at radius 1 is 1.43 bits per heavy atom. The van der Waals surface area contributed by atoms with Gasteiger partial charge in [0.1, 0.15) is 5.52 Å². The molecule has 23 heavy (non-hydrogen) atoms. The first-order chi connectivity index (χ1) is 11.1. The summed E-state index contributed by atoms with van der Waals surface area (Å²) in [6.07, 6.45) is 2.71. The molecule has 5 nitrogen and oxygen atoms in total. The summed E-state index contributed by atoms with van der Waals surface area (Å²) in [5.74, 6) is 0.945. The van der Waals surface area contributed by atoms with E-state index in [9.17, 15) is 4.79 Å². The summed E-state index contributed by atoms with van der Waals surface area (Å²) in [7, 11) is 0. The number of nitrogens with one attached hydrogen (secondary N) is 1. The van der Waals surface area contributed by atoms with Crippen LogP contribution >= 0.6 is 0 Å². The predicted octanol–water partition coefficient (Wildman–Crippen LogP) is 2.61. The van der Waals surface area contributed by atoms with Crippen molar-refractivity contribution in [3.8, 4) is 0 Å². The molecule has 0 radical (unpaired) electrons. The van der Waals surface area contributed by atoms with Crippen molar-refractivity contribution in [2.45, 2.75) is 39.2 Å². The Morgan fingerprint density at radius 2 is 2.26 bits per heavy atom. The van der Waals surface area contributed by atoms with Gasteiger partial charge < -0.3 is 14.6 Å². The Bertz CT molecular complexity index is 632. The smallest absolute Gasteiger partial charge is 0.224 e. The Morgan fingerprint density at radius 3 is 3.04 bits per heavy atom. The normalized spacial score (nSPS) is 19.3. The number of likely N-dealkylation sites (tertiary alicyclic amines) is 1. The molecule has 1 aliphatic heterocycles. The third kappa shape index (κ3) is 3.91. The van der Waals surface area contributed by atoms with Gasteiger partial charge in [0.15, 0.2) is 11.5 Å². The second kappa shape index (κ2) is 7.13. The van der Waals surface area contributed by atoms with Gasteiger partial charge in [-0.1, -0.05) is 12.1 Å². The highest BCUT2D eigenvalue weighted by molar-refractivity contribution is 5.79. The molecule has 1 atom stereocenters. The van der Waals surface area contributed by atoms with Crippen LogP contribution in [0.25, 0.3) is 11.1 Å². The van der Waals surface area contributed by atoms with Gasteiger partial charge in [-0.15, -0.1) is 0 Å². The van der Waals surface area contributed by atoms with Crippen molar-refractivity contribution < 1.29 is 9.21 Å². The van der Waals surface area contributed by atoms with E-state index >= 15 is 0 Å². The maximum Gasteiger partial charge on any atom is 0.224 e. The van der Waals surface area contributed by atoms with Gasteiger partial charge in [-0.3, -0.25) is 4.79 Å². The van der Waals surface area contributed by atoms with E-state index in [-0.39, 0.29) is 11.8 Å². The van der Waals surface area contributed by atoms with Crippen LogP contribution < -0.4 is 5.32 Å². The zero-order valence-corrected chi connectivity index (χ0v) is 13.9. The number of piperidine rings is 1. The number of hydrogen-bond donors (Lipinski definition) is 1. The van der Waals surface area contributed by atoms with Gasteiger partial charge in [0.25, 0.3) is 0 Å². The molecule has 1 unspecified atom stereocenters. The molecule has 0 aliphatic carbocycles. The average Bonchev–Trinajstić information content (AvgIpc) is 2.97. The lowest BCUT2D eigenvalue weighted by atomic mass is 9.96. The van der Waals surface area contributed by atoms with E-state index in [1.807, 2.05) is 24.3 Å². The third-order valence-electron chi connectivity index (χ3n) is 4.53. The number of oxazole rings is 1. The molecule has 1 N–H and O–H groups in total. The van der Waals surface area contributed by atoms with Crippen LogP contribution in [-0.2, 0) is 11.2 Å². The fourth-order valence-electron chi connectivity index (χ4n) is 3.15. The minimum atomic E-state index is 0.106. The molecular formula is C18H25N3O2. The van der Waals surface area contributed by atoms with Crippen molar-refractivity contribution in [3.63, 3.8) is 0 Å². The summed E-state index contributed by atoms with van der Waals surface area (Å²) < 4.78 is 5.67. The number of carbonyl (C=O) groups is 1. The van der Waals surface area contributed by atoms with E-state index in [2.05, 4.69) is 29.0 Å². The maximum atomic E-state index is 12.3. The topological polar surface area (TPSA) is 58.4 Å². The highest BCUT2D eigenvalue weighted by atomic mass is 16.3. The van der Waals surface area contributed by atoms with Crippen LogP contribution in [0.5, 0.6) is 0 Å². The van der Waals surface area contributed by atoms with Crippen LogP contribution in [0.3, 0.4) is 0 Å². The third-order valence-corrected chi connectivity index (χ3v) is 4.53. The van der Waals surface area contributed by atoms with E-state index in [4.69, 9.17) is 4.42 Å². The number of hydrogen-bond acceptors (Lipinski definition) is 4. The van der Waals surface area contributed by atoms with Gasteiger partial charge in [-0.2, -0.15) is 0 Å². The number of nitrogens with zero attached hydrogens (tertiary/aromatic N) is 2. The first-order valence-electron chi connectivity index (χ1n) is 8.49. The second-order valence-electron chi connectivity index (χ2n) is 6.54. The van der Waals surface area contributed by atoms with Crippen molar-refractivity contribution >= 4 is 17.0 Å². The fourth-order valence-corrected chi connectivity index (χ4v) is 3.15. The van der Waals surface area contributed by atoms with Gasteiger partial charge in [-0.25, -0.2) is 4.98 Å². The Kier molecular flexibility index (Phi) is 4.96. The number of rotatable bonds is 5. The van der Waals surface area contributed by atoms with Crippen LogP contribution in [-0.4, -0.2) is 41.5 Å². The zero-order valence-electron chi connectivity index (χ0n) is 13.9. The highest BCUT2D eigenvalue weighted by Crippen LogP contribution is 2.19. The van der Waals surface area contributed by atoms with Crippen LogP contribution in [0.1, 0.15) is 32.6 Å². The molecule has 1 amide bonds. The van der Waals surface area contributed by atoms with E-state index in [1.54, 1.807) is 0 Å². The summed E-state index contributed by atoms with van der Waals surface area (Å²) in [5.41, 5.74) is 1.67. The lowest BCUT2D eigenvalue weighted by Crippen LogP contribution is -2.45. The summed E-state index contributed by atoms with van der Waals surface area (Å²) in [6, 6.07) is 8.23. The Labute approximate surface area is 137 Å². The number of benzene rings is 1. The lowest BCUT2D eigenvalue weighted by Gasteiger charge is -2.34. The number of aromatic nitrogens is 1. The van der Waals surface area contributed by atoms with Crippen molar-refractivity contribution in [1.29, 1.82) is 0 Å². The van der Waals surface area contributed by atoms with Crippen LogP contribution in [0.4, 0.5) is 0 Å². The van der Waals surface area contributed by atoms with Crippen molar-refractivity contribution in [1.82, 2.24) is 15.2 Å². The van der Waals surface area contributed by atoms with Gasteiger partial charge in [-0.05, 0) is 45.4 Å². The van der Waals surface area contributed by atoms with Gasteiger partial charge in [0, 0.05) is 25.6 Å². The molecule has 2 heterocycles. The molecule has 1 aromatic heterocycles. The van der Waals surface area contributed by atoms with E-state index in [0.717, 1.165) is 37.0 Å². The summed E-state index contributed by atoms with van der Waals surface area (Å²) in [5, 5.41) is 3.04. The van der Waals surface area contributed by atoms with Crippen LogP contribution in [0.15, 0.2) is 28.7 Å². The van der Waals surface area contributed by atoms with E-state index in [0.29, 0.717) is 24.9 Å². The molecule has 3 rings (SSSR count). The van der Waals surface area contributed by atoms with Gasteiger partial charge >= 0.3 is 0 Å². The SMILES string of the molecule is CC(C)N1CCCC(C(=O)NCCc2nc3ccccc3o2)C1. The first kappa shape index (κ1) is 16.0. The predicted molar refractivity (Wildman–Crippen MR) is 90.2 cm³/mol. The lowest BCUT2D eigenvalue weighted by molar-refractivity contribution is -0.126. The maximum absolute atomic E-state index is 12.3. The number of carbonyl (C=O) groups excluding carboxylic acids is 1. The molecule has 5 heteroatoms. The molecule has 2 aromatic rings. The molecular weight excluding hydrogens is 290 g/mol. The molecule has 124 valence electrons. The molecule has 1 saturated heterocycles. The van der Waals surface area contributed by atoms with Gasteiger partial charge in [0.2, 0.25) is 5.91 Å². The molecule has 1 aromatic carbocycles. The van der Waals surface area contributed by atoms with Crippen LogP contribution in [0.2, 0.25) is 0 Å². The Hall–Kier alpha value is -1.88. The Balaban J connectivity index is 1.49. The summed E-state index contributed by atoms with van der Waals surface area (Å²) in [6.45, 7) is 6.92. The van der Waals surface area contributed by atoms with Crippen molar-refractivity contribution in [2.75, 3.05) is 19.6 Å². The average molecular weight is 315 g/mol. The molecule has 1 fully saturated rings. The van der Waals surface area contributed by atoms with Crippen LogP contribution in [0, 0.1) is 5.92 Å². The fraction of sp³-hybridized carbons (Fsp3) is 0.556. The molecule has 0 spiro atoms. The number of fused-ring (bicyclic) bond motifs is 1.